The molecule has 0 bridgehead atoms. The van der Waals surface area contributed by atoms with E-state index in [4.69, 9.17) is 4.74 Å². The monoisotopic (exact) mass is 338 g/mol. The Morgan fingerprint density at radius 2 is 2.24 bits per heavy atom. The van der Waals surface area contributed by atoms with Gasteiger partial charge in [0.2, 0.25) is 5.91 Å². The number of benzene rings is 1. The number of amides is 1. The van der Waals surface area contributed by atoms with Crippen molar-refractivity contribution >= 4 is 5.91 Å². The Bertz CT molecular complexity index is 743. The van der Waals surface area contributed by atoms with Crippen LogP contribution < -0.4 is 10.1 Å². The second kappa shape index (κ2) is 7.68. The van der Waals surface area contributed by atoms with Crippen LogP contribution in [0.3, 0.4) is 0 Å². The molecule has 1 aromatic heterocycles. The Morgan fingerprint density at radius 3 is 2.96 bits per heavy atom. The van der Waals surface area contributed by atoms with Crippen molar-refractivity contribution in [2.24, 2.45) is 5.92 Å². The van der Waals surface area contributed by atoms with Gasteiger partial charge in [-0.05, 0) is 42.2 Å². The molecule has 0 fully saturated rings. The summed E-state index contributed by atoms with van der Waals surface area (Å²) in [5, 5.41) is 3.02. The average Bonchev–Trinajstić information content (AvgIpc) is 3.02. The highest BCUT2D eigenvalue weighted by Gasteiger charge is 2.27. The molecule has 4 nitrogen and oxygen atoms in total. The summed E-state index contributed by atoms with van der Waals surface area (Å²) >= 11 is 0. The number of fused-ring (bicyclic) bond motifs is 1. The summed E-state index contributed by atoms with van der Waals surface area (Å²) in [7, 11) is 0. The molecular formula is C21H26N2O2. The van der Waals surface area contributed by atoms with Crippen LogP contribution in [-0.4, -0.2) is 23.5 Å². The second-order valence-corrected chi connectivity index (χ2v) is 6.98. The summed E-state index contributed by atoms with van der Waals surface area (Å²) in [6, 6.07) is 10.2. The quantitative estimate of drug-likeness (QED) is 0.869. The molecule has 2 heterocycles. The van der Waals surface area contributed by atoms with Crippen molar-refractivity contribution in [1.82, 2.24) is 10.3 Å². The molecule has 2 atom stereocenters. The van der Waals surface area contributed by atoms with Gasteiger partial charge in [0.1, 0.15) is 11.9 Å². The highest BCUT2D eigenvalue weighted by Crippen LogP contribution is 2.39. The van der Waals surface area contributed by atoms with Crippen molar-refractivity contribution in [3.8, 4) is 17.0 Å². The van der Waals surface area contributed by atoms with Crippen LogP contribution in [0.2, 0.25) is 0 Å². The molecule has 4 heteroatoms. The predicted octanol–water partition coefficient (Wildman–Crippen LogP) is 3.91. The van der Waals surface area contributed by atoms with E-state index in [1.54, 1.807) is 6.20 Å². The van der Waals surface area contributed by atoms with Crippen LogP contribution in [-0.2, 0) is 11.2 Å². The smallest absolute Gasteiger partial charge is 0.220 e. The molecule has 1 aromatic carbocycles. The lowest BCUT2D eigenvalue weighted by atomic mass is 10.0. The maximum Gasteiger partial charge on any atom is 0.220 e. The van der Waals surface area contributed by atoms with Gasteiger partial charge in [-0.15, -0.1) is 0 Å². The standard InChI is InChI=1S/C21H26N2O2/c1-4-14(2)11-20(24)23-13-17-12-16-9-15(3)10-18(21(16)25-17)19-7-5-6-8-22-19/h5-10,14,17H,4,11-13H2,1-3H3,(H,23,24)/t14-,17+/m1/s1. The van der Waals surface area contributed by atoms with E-state index in [1.165, 1.54) is 11.1 Å². The van der Waals surface area contributed by atoms with E-state index in [0.717, 1.165) is 29.8 Å². The molecule has 1 amide bonds. The molecule has 2 aromatic rings. The molecule has 3 rings (SSSR count). The van der Waals surface area contributed by atoms with Gasteiger partial charge < -0.3 is 10.1 Å². The first-order valence-corrected chi connectivity index (χ1v) is 9.05. The summed E-state index contributed by atoms with van der Waals surface area (Å²) in [5.74, 6) is 1.43. The number of carbonyl (C=O) groups is 1. The van der Waals surface area contributed by atoms with E-state index >= 15 is 0 Å². The van der Waals surface area contributed by atoms with E-state index < -0.39 is 0 Å². The van der Waals surface area contributed by atoms with Gasteiger partial charge in [0.05, 0.1) is 12.2 Å². The zero-order chi connectivity index (χ0) is 17.8. The van der Waals surface area contributed by atoms with Crippen LogP contribution in [0.1, 0.15) is 37.8 Å². The molecule has 25 heavy (non-hydrogen) atoms. The number of nitrogens with zero attached hydrogens (tertiary/aromatic N) is 1. The molecule has 1 N–H and O–H groups in total. The highest BCUT2D eigenvalue weighted by molar-refractivity contribution is 5.76. The zero-order valence-electron chi connectivity index (χ0n) is 15.2. The minimum absolute atomic E-state index is 0.0138. The van der Waals surface area contributed by atoms with Gasteiger partial charge in [0.25, 0.3) is 0 Å². The first-order valence-electron chi connectivity index (χ1n) is 9.05. The maximum absolute atomic E-state index is 12.0. The van der Waals surface area contributed by atoms with Crippen LogP contribution in [0, 0.1) is 12.8 Å². The number of pyridine rings is 1. The first kappa shape index (κ1) is 17.5. The number of hydrogen-bond donors (Lipinski definition) is 1. The molecular weight excluding hydrogens is 312 g/mol. The first-order chi connectivity index (χ1) is 12.1. The van der Waals surface area contributed by atoms with Gasteiger partial charge >= 0.3 is 0 Å². The minimum atomic E-state index is -0.0138. The SMILES string of the molecule is CC[C@@H](C)CC(=O)NC[C@@H]1Cc2cc(C)cc(-c3ccccn3)c2O1. The molecule has 0 unspecified atom stereocenters. The molecule has 0 radical (unpaired) electrons. The lowest BCUT2D eigenvalue weighted by Crippen LogP contribution is -2.35. The van der Waals surface area contributed by atoms with E-state index in [-0.39, 0.29) is 12.0 Å². The van der Waals surface area contributed by atoms with E-state index in [0.29, 0.717) is 18.9 Å². The zero-order valence-corrected chi connectivity index (χ0v) is 15.2. The van der Waals surface area contributed by atoms with Gasteiger partial charge in [-0.2, -0.15) is 0 Å². The highest BCUT2D eigenvalue weighted by atomic mass is 16.5. The lowest BCUT2D eigenvalue weighted by molar-refractivity contribution is -0.122. The van der Waals surface area contributed by atoms with Crippen molar-refractivity contribution in [2.75, 3.05) is 6.54 Å². The third-order valence-corrected chi connectivity index (χ3v) is 4.74. The van der Waals surface area contributed by atoms with Crippen LogP contribution in [0.15, 0.2) is 36.5 Å². The fourth-order valence-corrected chi connectivity index (χ4v) is 3.18. The Labute approximate surface area is 149 Å². The summed E-state index contributed by atoms with van der Waals surface area (Å²) < 4.78 is 6.17. The number of rotatable bonds is 6. The van der Waals surface area contributed by atoms with Crippen LogP contribution in [0.4, 0.5) is 0 Å². The third-order valence-electron chi connectivity index (χ3n) is 4.74. The number of hydrogen-bond acceptors (Lipinski definition) is 3. The van der Waals surface area contributed by atoms with Gasteiger partial charge in [-0.3, -0.25) is 9.78 Å². The summed E-state index contributed by atoms with van der Waals surface area (Å²) in [6.45, 7) is 6.85. The number of aromatic nitrogens is 1. The fraction of sp³-hybridized carbons (Fsp3) is 0.429. The predicted molar refractivity (Wildman–Crippen MR) is 99.6 cm³/mol. The normalized spacial score (nSPS) is 16.8. The largest absolute Gasteiger partial charge is 0.487 e. The van der Waals surface area contributed by atoms with Gasteiger partial charge in [0, 0.05) is 24.6 Å². The van der Waals surface area contributed by atoms with Crippen molar-refractivity contribution in [2.45, 2.75) is 46.1 Å². The molecule has 0 saturated carbocycles. The van der Waals surface area contributed by atoms with E-state index in [9.17, 15) is 4.79 Å². The number of carbonyl (C=O) groups excluding carboxylic acids is 1. The van der Waals surface area contributed by atoms with E-state index in [2.05, 4.69) is 43.2 Å². The second-order valence-electron chi connectivity index (χ2n) is 6.98. The number of aryl methyl sites for hydroxylation is 1. The Balaban J connectivity index is 1.70. The van der Waals surface area contributed by atoms with Gasteiger partial charge in [-0.25, -0.2) is 0 Å². The average molecular weight is 338 g/mol. The Morgan fingerprint density at radius 1 is 1.40 bits per heavy atom. The lowest BCUT2D eigenvalue weighted by Gasteiger charge is -2.14. The van der Waals surface area contributed by atoms with Crippen molar-refractivity contribution in [1.29, 1.82) is 0 Å². The third kappa shape index (κ3) is 4.19. The van der Waals surface area contributed by atoms with Crippen LogP contribution in [0.25, 0.3) is 11.3 Å². The minimum Gasteiger partial charge on any atom is -0.487 e. The number of nitrogens with one attached hydrogen (secondary N) is 1. The van der Waals surface area contributed by atoms with Crippen LogP contribution in [0.5, 0.6) is 5.75 Å². The molecule has 132 valence electrons. The summed E-state index contributed by atoms with van der Waals surface area (Å²) in [5.41, 5.74) is 4.35. The summed E-state index contributed by atoms with van der Waals surface area (Å²) in [6.07, 6.45) is 4.20. The molecule has 0 saturated heterocycles. The van der Waals surface area contributed by atoms with Crippen LogP contribution >= 0.6 is 0 Å². The number of ether oxygens (including phenoxy) is 1. The molecule has 0 aliphatic carbocycles. The van der Waals surface area contributed by atoms with Crippen molar-refractivity contribution in [3.05, 3.63) is 47.7 Å². The summed E-state index contributed by atoms with van der Waals surface area (Å²) in [4.78, 5) is 16.5. The van der Waals surface area contributed by atoms with Crippen molar-refractivity contribution < 1.29 is 9.53 Å². The topological polar surface area (TPSA) is 51.2 Å². The fourth-order valence-electron chi connectivity index (χ4n) is 3.18. The Kier molecular flexibility index (Phi) is 5.37. The Hall–Kier alpha value is -2.36. The molecule has 0 spiro atoms. The van der Waals surface area contributed by atoms with Gasteiger partial charge in [-0.1, -0.05) is 32.4 Å². The van der Waals surface area contributed by atoms with Gasteiger partial charge in [0.15, 0.2) is 0 Å². The molecule has 1 aliphatic heterocycles. The van der Waals surface area contributed by atoms with Crippen molar-refractivity contribution in [3.63, 3.8) is 0 Å². The van der Waals surface area contributed by atoms with E-state index in [1.807, 2.05) is 18.2 Å². The molecule has 1 aliphatic rings. The maximum atomic E-state index is 12.0.